The van der Waals surface area contributed by atoms with E-state index in [2.05, 4.69) is 5.32 Å². The highest BCUT2D eigenvalue weighted by molar-refractivity contribution is 7.92. The smallest absolute Gasteiger partial charge is 0.264 e. The maximum atomic E-state index is 13.9. The molecule has 0 aromatic heterocycles. The molecule has 0 unspecified atom stereocenters. The summed E-state index contributed by atoms with van der Waals surface area (Å²) in [6.07, 6.45) is 0.590. The lowest BCUT2D eigenvalue weighted by atomic mass is 10.1. The Morgan fingerprint density at radius 1 is 0.868 bits per heavy atom. The number of hydrogen-bond acceptors (Lipinski definition) is 4. The Morgan fingerprint density at radius 3 is 2.03 bits per heavy atom. The van der Waals surface area contributed by atoms with Crippen LogP contribution in [0.25, 0.3) is 0 Å². The molecule has 202 valence electrons. The fourth-order valence-electron chi connectivity index (χ4n) is 4.20. The fraction of sp³-hybridized carbons (Fsp3) is 0.333. The minimum atomic E-state index is -4.08. The number of hydrogen-bond donors (Lipinski definition) is 1. The van der Waals surface area contributed by atoms with Gasteiger partial charge in [-0.05, 0) is 63.4 Å². The highest BCUT2D eigenvalue weighted by atomic mass is 32.2. The lowest BCUT2D eigenvalue weighted by molar-refractivity contribution is -0.139. The molecule has 0 saturated carbocycles. The summed E-state index contributed by atoms with van der Waals surface area (Å²) in [6.45, 7) is 9.43. The van der Waals surface area contributed by atoms with E-state index in [9.17, 15) is 18.0 Å². The number of carbonyl (C=O) groups excluding carboxylic acids is 2. The summed E-state index contributed by atoms with van der Waals surface area (Å²) < 4.78 is 29.1. The van der Waals surface area contributed by atoms with Crippen LogP contribution in [0.1, 0.15) is 43.0 Å². The summed E-state index contributed by atoms with van der Waals surface area (Å²) >= 11 is 0. The Hall–Kier alpha value is -3.65. The van der Waals surface area contributed by atoms with E-state index in [4.69, 9.17) is 0 Å². The van der Waals surface area contributed by atoms with Gasteiger partial charge in [0.05, 0.1) is 10.6 Å². The molecule has 1 N–H and O–H groups in total. The highest BCUT2D eigenvalue weighted by Crippen LogP contribution is 2.28. The van der Waals surface area contributed by atoms with E-state index >= 15 is 0 Å². The van der Waals surface area contributed by atoms with Gasteiger partial charge in [0.1, 0.15) is 12.6 Å². The highest BCUT2D eigenvalue weighted by Gasteiger charge is 2.33. The zero-order valence-corrected chi connectivity index (χ0v) is 23.6. The van der Waals surface area contributed by atoms with Crippen molar-refractivity contribution in [1.29, 1.82) is 0 Å². The second-order valence-electron chi connectivity index (χ2n) is 9.38. The number of anilines is 1. The predicted molar refractivity (Wildman–Crippen MR) is 151 cm³/mol. The molecule has 7 nitrogen and oxygen atoms in total. The van der Waals surface area contributed by atoms with Crippen LogP contribution < -0.4 is 9.62 Å². The molecule has 0 spiro atoms. The number of amides is 2. The largest absolute Gasteiger partial charge is 0.355 e. The average Bonchev–Trinajstić information content (AvgIpc) is 2.91. The van der Waals surface area contributed by atoms with Crippen molar-refractivity contribution >= 4 is 27.5 Å². The molecule has 0 aliphatic heterocycles. The van der Waals surface area contributed by atoms with Crippen LogP contribution >= 0.6 is 0 Å². The Morgan fingerprint density at radius 2 is 1.45 bits per heavy atom. The van der Waals surface area contributed by atoms with Crippen LogP contribution in [0.15, 0.2) is 77.7 Å². The van der Waals surface area contributed by atoms with Gasteiger partial charge in [0, 0.05) is 13.1 Å². The number of likely N-dealkylation sites (N-methyl/N-ethyl adjacent to an activating group) is 1. The molecule has 3 aromatic rings. The van der Waals surface area contributed by atoms with Crippen LogP contribution in [0.5, 0.6) is 0 Å². The minimum absolute atomic E-state index is 0.101. The molecule has 0 aliphatic carbocycles. The van der Waals surface area contributed by atoms with Gasteiger partial charge in [0.15, 0.2) is 0 Å². The van der Waals surface area contributed by atoms with Gasteiger partial charge in [-0.25, -0.2) is 8.42 Å². The number of aryl methyl sites for hydroxylation is 3. The molecule has 8 heteroatoms. The molecule has 0 bridgehead atoms. The summed E-state index contributed by atoms with van der Waals surface area (Å²) in [5.41, 5.74) is 4.11. The van der Waals surface area contributed by atoms with Gasteiger partial charge in [-0.2, -0.15) is 0 Å². The maximum absolute atomic E-state index is 13.9. The molecule has 1 atom stereocenters. The predicted octanol–water partition coefficient (Wildman–Crippen LogP) is 4.61. The van der Waals surface area contributed by atoms with Crippen molar-refractivity contribution < 1.29 is 18.0 Å². The third kappa shape index (κ3) is 6.81. The zero-order chi connectivity index (χ0) is 27.9. The van der Waals surface area contributed by atoms with Gasteiger partial charge < -0.3 is 10.2 Å². The van der Waals surface area contributed by atoms with E-state index in [1.807, 2.05) is 64.1 Å². The molecular formula is C30H37N3O4S. The Balaban J connectivity index is 2.06. The van der Waals surface area contributed by atoms with E-state index < -0.39 is 28.5 Å². The Kier molecular flexibility index (Phi) is 9.69. The van der Waals surface area contributed by atoms with Crippen LogP contribution in [0, 0.1) is 13.8 Å². The summed E-state index contributed by atoms with van der Waals surface area (Å²) in [6, 6.07) is 20.7. The van der Waals surface area contributed by atoms with E-state index in [0.29, 0.717) is 18.7 Å². The molecule has 0 radical (unpaired) electrons. The SMILES string of the molecule is CCNC(=O)[C@H](C)N(Cc1ccc(C)cc1)C(=O)CN(c1ccccc1CC)S(=O)(=O)c1ccc(C)cc1. The summed E-state index contributed by atoms with van der Waals surface area (Å²) in [5.74, 6) is -0.763. The van der Waals surface area contributed by atoms with Crippen LogP contribution in [0.4, 0.5) is 5.69 Å². The normalized spacial score (nSPS) is 12.0. The molecule has 3 rings (SSSR count). The lowest BCUT2D eigenvalue weighted by Crippen LogP contribution is -2.51. The lowest BCUT2D eigenvalue weighted by Gasteiger charge is -2.32. The van der Waals surface area contributed by atoms with Crippen LogP contribution in [0.2, 0.25) is 0 Å². The zero-order valence-electron chi connectivity index (χ0n) is 22.8. The number of benzene rings is 3. The number of para-hydroxylation sites is 1. The molecule has 0 saturated heterocycles. The number of nitrogens with zero attached hydrogens (tertiary/aromatic N) is 2. The summed E-state index contributed by atoms with van der Waals surface area (Å²) in [5, 5.41) is 2.78. The first-order valence-electron chi connectivity index (χ1n) is 12.9. The third-order valence-corrected chi connectivity index (χ3v) is 8.29. The monoisotopic (exact) mass is 535 g/mol. The molecule has 38 heavy (non-hydrogen) atoms. The number of sulfonamides is 1. The second-order valence-corrected chi connectivity index (χ2v) is 11.2. The first-order valence-corrected chi connectivity index (χ1v) is 14.3. The molecule has 0 fully saturated rings. The standard InChI is InChI=1S/C30H37N3O4S/c1-6-26-10-8-9-11-28(26)33(38(36,37)27-18-14-23(4)15-19-27)21-29(34)32(24(5)30(35)31-7-2)20-25-16-12-22(3)13-17-25/h8-19,24H,6-7,20-21H2,1-5H3,(H,31,35)/t24-/m0/s1. The van der Waals surface area contributed by atoms with Gasteiger partial charge in [0.25, 0.3) is 10.0 Å². The van der Waals surface area contributed by atoms with E-state index in [1.54, 1.807) is 43.3 Å². The van der Waals surface area contributed by atoms with E-state index in [0.717, 1.165) is 22.3 Å². The van der Waals surface area contributed by atoms with Gasteiger partial charge in [-0.15, -0.1) is 0 Å². The minimum Gasteiger partial charge on any atom is -0.355 e. The second kappa shape index (κ2) is 12.7. The van der Waals surface area contributed by atoms with Gasteiger partial charge in [0.2, 0.25) is 11.8 Å². The molecule has 0 aliphatic rings. The molecule has 3 aromatic carbocycles. The van der Waals surface area contributed by atoms with Crippen molar-refractivity contribution in [3.05, 3.63) is 95.1 Å². The maximum Gasteiger partial charge on any atom is 0.264 e. The van der Waals surface area contributed by atoms with E-state index in [-0.39, 0.29) is 17.3 Å². The van der Waals surface area contributed by atoms with Gasteiger partial charge >= 0.3 is 0 Å². The van der Waals surface area contributed by atoms with Crippen LogP contribution in [-0.4, -0.2) is 44.3 Å². The first kappa shape index (κ1) is 28.9. The quantitative estimate of drug-likeness (QED) is 0.388. The Bertz CT molecular complexity index is 1350. The topological polar surface area (TPSA) is 86.8 Å². The number of rotatable bonds is 11. The molecular weight excluding hydrogens is 498 g/mol. The number of nitrogens with one attached hydrogen (secondary N) is 1. The van der Waals surface area contributed by atoms with Crippen molar-refractivity contribution in [1.82, 2.24) is 10.2 Å². The third-order valence-electron chi connectivity index (χ3n) is 6.52. The molecule has 2 amide bonds. The first-order chi connectivity index (χ1) is 18.1. The van der Waals surface area contributed by atoms with Crippen molar-refractivity contribution in [3.63, 3.8) is 0 Å². The summed E-state index contributed by atoms with van der Waals surface area (Å²) in [4.78, 5) is 28.3. The van der Waals surface area contributed by atoms with Crippen molar-refractivity contribution in [2.24, 2.45) is 0 Å². The van der Waals surface area contributed by atoms with Crippen LogP contribution in [0.3, 0.4) is 0 Å². The van der Waals surface area contributed by atoms with Crippen molar-refractivity contribution in [2.75, 3.05) is 17.4 Å². The van der Waals surface area contributed by atoms with E-state index in [1.165, 1.54) is 9.21 Å². The van der Waals surface area contributed by atoms with Crippen molar-refractivity contribution in [2.45, 2.75) is 58.5 Å². The average molecular weight is 536 g/mol. The summed E-state index contributed by atoms with van der Waals surface area (Å²) in [7, 11) is -4.08. The van der Waals surface area contributed by atoms with Gasteiger partial charge in [-0.3, -0.25) is 13.9 Å². The van der Waals surface area contributed by atoms with Gasteiger partial charge in [-0.1, -0.05) is 72.6 Å². The molecule has 0 heterocycles. The van der Waals surface area contributed by atoms with Crippen LogP contribution in [-0.2, 0) is 32.6 Å². The Labute approximate surface area is 226 Å². The van der Waals surface area contributed by atoms with Crippen molar-refractivity contribution in [3.8, 4) is 0 Å². The number of carbonyl (C=O) groups is 2. The fourth-order valence-corrected chi connectivity index (χ4v) is 5.65.